The topological polar surface area (TPSA) is 72.0 Å². The number of rotatable bonds is 5. The molecule has 0 aliphatic carbocycles. The maximum Gasteiger partial charge on any atom is 0.229 e. The van der Waals surface area contributed by atoms with E-state index < -0.39 is 11.9 Å². The Morgan fingerprint density at radius 1 is 1.37 bits per heavy atom. The molecule has 102 valence electrons. The number of pyridine rings is 1. The Bertz CT molecular complexity index is 525. The lowest BCUT2D eigenvalue weighted by Crippen LogP contribution is -2.13. The van der Waals surface area contributed by atoms with E-state index in [0.717, 1.165) is 6.20 Å². The molecule has 0 saturated carbocycles. The van der Waals surface area contributed by atoms with Gasteiger partial charge >= 0.3 is 0 Å². The lowest BCUT2D eigenvalue weighted by molar-refractivity contribution is 0.138. The highest BCUT2D eigenvalue weighted by molar-refractivity contribution is 5.47. The molecule has 1 atom stereocenters. The summed E-state index contributed by atoms with van der Waals surface area (Å²) in [7, 11) is 0. The first-order chi connectivity index (χ1) is 9.04. The van der Waals surface area contributed by atoms with Crippen LogP contribution in [0.4, 0.5) is 4.39 Å². The van der Waals surface area contributed by atoms with E-state index in [-0.39, 0.29) is 0 Å². The first-order valence-electron chi connectivity index (χ1n) is 6.17. The molecule has 0 aliphatic rings. The zero-order valence-electron chi connectivity index (χ0n) is 10.9. The van der Waals surface area contributed by atoms with Crippen molar-refractivity contribution in [3.05, 3.63) is 30.0 Å². The fourth-order valence-electron chi connectivity index (χ4n) is 1.78. The van der Waals surface area contributed by atoms with Crippen LogP contribution in [0.15, 0.2) is 22.9 Å². The maximum atomic E-state index is 12.7. The van der Waals surface area contributed by atoms with Crippen LogP contribution >= 0.6 is 0 Å². The summed E-state index contributed by atoms with van der Waals surface area (Å²) in [5.41, 5.74) is 0.440. The molecule has 1 N–H and O–H groups in total. The number of hydrogen-bond donors (Lipinski definition) is 1. The predicted molar refractivity (Wildman–Crippen MR) is 66.7 cm³/mol. The van der Waals surface area contributed by atoms with Crippen molar-refractivity contribution in [1.29, 1.82) is 0 Å². The molecule has 0 fully saturated rings. The van der Waals surface area contributed by atoms with Crippen molar-refractivity contribution in [2.75, 3.05) is 0 Å². The molecular weight excluding hydrogens is 249 g/mol. The summed E-state index contributed by atoms with van der Waals surface area (Å²) in [6.07, 6.45) is 1.58. The van der Waals surface area contributed by atoms with Crippen LogP contribution in [0.3, 0.4) is 0 Å². The smallest absolute Gasteiger partial charge is 0.229 e. The molecule has 0 amide bonds. The van der Waals surface area contributed by atoms with Crippen molar-refractivity contribution in [2.24, 2.45) is 5.92 Å². The number of aromatic nitrogens is 3. The Hall–Kier alpha value is -1.82. The minimum Gasteiger partial charge on any atom is -0.393 e. The Morgan fingerprint density at radius 3 is 2.79 bits per heavy atom. The van der Waals surface area contributed by atoms with Crippen molar-refractivity contribution >= 4 is 0 Å². The molecule has 0 aromatic carbocycles. The van der Waals surface area contributed by atoms with Crippen molar-refractivity contribution in [2.45, 2.75) is 32.8 Å². The fraction of sp³-hybridized carbons (Fsp3) is 0.462. The normalized spacial score (nSPS) is 12.9. The standard InChI is InChI=1S/C13H16FN3O2/c1-8(2)5-10(18)6-12-16-13(17-19-12)11-4-3-9(14)7-15-11/h3-4,7-8,10,18H,5-6H2,1-2H3. The molecular formula is C13H16FN3O2. The van der Waals surface area contributed by atoms with Crippen LogP contribution in [0.1, 0.15) is 26.2 Å². The van der Waals surface area contributed by atoms with Crippen LogP contribution < -0.4 is 0 Å². The molecule has 1 unspecified atom stereocenters. The number of aliphatic hydroxyl groups excluding tert-OH is 1. The third kappa shape index (κ3) is 3.82. The lowest BCUT2D eigenvalue weighted by atomic mass is 10.0. The molecule has 2 aromatic heterocycles. The van der Waals surface area contributed by atoms with Crippen molar-refractivity contribution in [3.8, 4) is 11.5 Å². The van der Waals surface area contributed by atoms with Gasteiger partial charge in [-0.3, -0.25) is 0 Å². The molecule has 2 heterocycles. The summed E-state index contributed by atoms with van der Waals surface area (Å²) in [6.45, 7) is 4.07. The molecule has 0 aliphatic heterocycles. The van der Waals surface area contributed by atoms with Gasteiger partial charge in [-0.2, -0.15) is 4.98 Å². The van der Waals surface area contributed by atoms with Crippen LogP contribution in [-0.2, 0) is 6.42 Å². The van der Waals surface area contributed by atoms with Crippen molar-refractivity contribution < 1.29 is 14.0 Å². The summed E-state index contributed by atoms with van der Waals surface area (Å²) in [5, 5.41) is 13.6. The van der Waals surface area contributed by atoms with Gasteiger partial charge in [0.05, 0.1) is 18.7 Å². The molecule has 2 rings (SSSR count). The van der Waals surface area contributed by atoms with Crippen LogP contribution in [0.25, 0.3) is 11.5 Å². The number of aliphatic hydroxyl groups is 1. The van der Waals surface area contributed by atoms with Crippen LogP contribution in [0, 0.1) is 11.7 Å². The molecule has 0 spiro atoms. The average molecular weight is 265 g/mol. The van der Waals surface area contributed by atoms with Gasteiger partial charge in [0.15, 0.2) is 0 Å². The summed E-state index contributed by atoms with van der Waals surface area (Å²) < 4.78 is 17.8. The van der Waals surface area contributed by atoms with E-state index >= 15 is 0 Å². The monoisotopic (exact) mass is 265 g/mol. The van der Waals surface area contributed by atoms with Gasteiger partial charge < -0.3 is 9.63 Å². The van der Waals surface area contributed by atoms with Gasteiger partial charge in [0.25, 0.3) is 0 Å². The van der Waals surface area contributed by atoms with E-state index in [1.165, 1.54) is 12.1 Å². The fourth-order valence-corrected chi connectivity index (χ4v) is 1.78. The quantitative estimate of drug-likeness (QED) is 0.897. The van der Waals surface area contributed by atoms with Gasteiger partial charge in [0.2, 0.25) is 11.7 Å². The Balaban J connectivity index is 2.04. The van der Waals surface area contributed by atoms with Gasteiger partial charge in [-0.1, -0.05) is 19.0 Å². The van der Waals surface area contributed by atoms with E-state index in [2.05, 4.69) is 15.1 Å². The predicted octanol–water partition coefficient (Wildman–Crippen LogP) is 2.22. The highest BCUT2D eigenvalue weighted by atomic mass is 19.1. The van der Waals surface area contributed by atoms with Crippen LogP contribution in [0.5, 0.6) is 0 Å². The van der Waals surface area contributed by atoms with Crippen LogP contribution in [0.2, 0.25) is 0 Å². The average Bonchev–Trinajstić information content (AvgIpc) is 2.77. The number of nitrogens with zero attached hydrogens (tertiary/aromatic N) is 3. The van der Waals surface area contributed by atoms with E-state index in [4.69, 9.17) is 4.52 Å². The first-order valence-corrected chi connectivity index (χ1v) is 6.17. The highest BCUT2D eigenvalue weighted by Crippen LogP contribution is 2.15. The van der Waals surface area contributed by atoms with Crippen molar-refractivity contribution in [3.63, 3.8) is 0 Å². The van der Waals surface area contributed by atoms with Gasteiger partial charge in [0.1, 0.15) is 11.5 Å². The summed E-state index contributed by atoms with van der Waals surface area (Å²) in [6, 6.07) is 2.76. The summed E-state index contributed by atoms with van der Waals surface area (Å²) in [4.78, 5) is 8.00. The third-order valence-corrected chi connectivity index (χ3v) is 2.58. The highest BCUT2D eigenvalue weighted by Gasteiger charge is 2.15. The minimum atomic E-state index is -0.505. The zero-order chi connectivity index (χ0) is 13.8. The van der Waals surface area contributed by atoms with E-state index in [1.54, 1.807) is 0 Å². The molecule has 0 saturated heterocycles. The SMILES string of the molecule is CC(C)CC(O)Cc1nc(-c2ccc(F)cn2)no1. The Labute approximate surface area is 110 Å². The Kier molecular flexibility index (Phi) is 4.21. The molecule has 5 nitrogen and oxygen atoms in total. The molecule has 0 bridgehead atoms. The largest absolute Gasteiger partial charge is 0.393 e. The van der Waals surface area contributed by atoms with E-state index in [1.807, 2.05) is 13.8 Å². The molecule has 2 aromatic rings. The van der Waals surface area contributed by atoms with Crippen LogP contribution in [-0.4, -0.2) is 26.3 Å². The second kappa shape index (κ2) is 5.88. The second-order valence-corrected chi connectivity index (χ2v) is 4.86. The summed E-state index contributed by atoms with van der Waals surface area (Å²) in [5.74, 6) is 0.636. The minimum absolute atomic E-state index is 0.298. The molecule has 6 heteroatoms. The zero-order valence-corrected chi connectivity index (χ0v) is 10.9. The number of hydrogen-bond acceptors (Lipinski definition) is 5. The van der Waals surface area contributed by atoms with Gasteiger partial charge in [-0.05, 0) is 24.5 Å². The van der Waals surface area contributed by atoms with Gasteiger partial charge in [-0.15, -0.1) is 0 Å². The lowest BCUT2D eigenvalue weighted by Gasteiger charge is -2.09. The van der Waals surface area contributed by atoms with Gasteiger partial charge in [0, 0.05) is 0 Å². The third-order valence-electron chi connectivity index (χ3n) is 2.58. The summed E-state index contributed by atoms with van der Waals surface area (Å²) >= 11 is 0. The Morgan fingerprint density at radius 2 is 2.16 bits per heavy atom. The molecule has 19 heavy (non-hydrogen) atoms. The van der Waals surface area contributed by atoms with Crippen molar-refractivity contribution in [1.82, 2.24) is 15.1 Å². The van der Waals surface area contributed by atoms with Gasteiger partial charge in [-0.25, -0.2) is 9.37 Å². The van der Waals surface area contributed by atoms with E-state index in [9.17, 15) is 9.50 Å². The first kappa shape index (κ1) is 13.6. The number of halogens is 1. The van der Waals surface area contributed by atoms with E-state index in [0.29, 0.717) is 36.2 Å². The molecule has 0 radical (unpaired) electrons. The second-order valence-electron chi connectivity index (χ2n) is 4.86. The maximum absolute atomic E-state index is 12.7.